The van der Waals surface area contributed by atoms with Crippen molar-refractivity contribution in [3.63, 3.8) is 0 Å². The fourth-order valence-electron chi connectivity index (χ4n) is 1.16. The molecule has 7 N–H and O–H groups in total. The van der Waals surface area contributed by atoms with E-state index >= 15 is 0 Å². The molecule has 0 saturated heterocycles. The van der Waals surface area contributed by atoms with Crippen molar-refractivity contribution in [3.8, 4) is 6.07 Å². The highest BCUT2D eigenvalue weighted by molar-refractivity contribution is 4.93. The zero-order chi connectivity index (χ0) is 13.4. The molecule has 0 aliphatic rings. The van der Waals surface area contributed by atoms with E-state index in [1.165, 1.54) is 6.08 Å². The second-order valence-corrected chi connectivity index (χ2v) is 3.29. The van der Waals surface area contributed by atoms with E-state index in [2.05, 4.69) is 16.8 Å². The van der Waals surface area contributed by atoms with Gasteiger partial charge in [-0.15, -0.1) is 0 Å². The van der Waals surface area contributed by atoms with Gasteiger partial charge >= 0.3 is 0 Å². The fraction of sp³-hybridized carbons (Fsp3) is 0.727. The molecule has 0 aliphatic heterocycles. The highest BCUT2D eigenvalue weighted by atomic mass is 15.1. The Bertz CT molecular complexity index is 183. The minimum atomic E-state index is 0.688. The van der Waals surface area contributed by atoms with Crippen LogP contribution >= 0.6 is 0 Å². The van der Waals surface area contributed by atoms with Gasteiger partial charge < -0.3 is 22.5 Å². The Morgan fingerprint density at radius 1 is 1.06 bits per heavy atom. The summed E-state index contributed by atoms with van der Waals surface area (Å²) >= 11 is 0. The van der Waals surface area contributed by atoms with Crippen LogP contribution in [0.15, 0.2) is 12.7 Å². The Balaban J connectivity index is 0. The third-order valence-corrected chi connectivity index (χ3v) is 1.91. The van der Waals surface area contributed by atoms with Crippen molar-refractivity contribution in [1.82, 2.24) is 10.2 Å². The van der Waals surface area contributed by atoms with E-state index < -0.39 is 0 Å². The van der Waals surface area contributed by atoms with E-state index in [4.69, 9.17) is 22.5 Å². The van der Waals surface area contributed by atoms with Gasteiger partial charge in [0.25, 0.3) is 0 Å². The molecule has 0 heterocycles. The van der Waals surface area contributed by atoms with Crippen molar-refractivity contribution in [1.29, 1.82) is 5.26 Å². The predicted molar refractivity (Wildman–Crippen MR) is 72.3 cm³/mol. The maximum atomic E-state index is 7.51. The Kier molecular flexibility index (Phi) is 18.9. The van der Waals surface area contributed by atoms with Crippen molar-refractivity contribution in [2.75, 3.05) is 52.4 Å². The summed E-state index contributed by atoms with van der Waals surface area (Å²) in [5.74, 6) is 0. The van der Waals surface area contributed by atoms with E-state index in [1.807, 2.05) is 0 Å². The molecule has 0 fully saturated rings. The smallest absolute Gasteiger partial charge is 0.0905 e. The molecule has 6 nitrogen and oxygen atoms in total. The maximum Gasteiger partial charge on any atom is 0.0905 e. The lowest BCUT2D eigenvalue weighted by atomic mass is 10.4. The first-order chi connectivity index (χ1) is 8.26. The summed E-state index contributed by atoms with van der Waals surface area (Å²) in [6.45, 7) is 9.85. The zero-order valence-electron chi connectivity index (χ0n) is 10.6. The minimum Gasteiger partial charge on any atom is -0.329 e. The van der Waals surface area contributed by atoms with Gasteiger partial charge in [0, 0.05) is 58.4 Å². The number of nitriles is 1. The third kappa shape index (κ3) is 17.6. The van der Waals surface area contributed by atoms with Gasteiger partial charge in [0.15, 0.2) is 0 Å². The van der Waals surface area contributed by atoms with Gasteiger partial charge in [0.1, 0.15) is 0 Å². The first-order valence-electron chi connectivity index (χ1n) is 5.80. The molecule has 0 saturated carbocycles. The Morgan fingerprint density at radius 3 is 1.94 bits per heavy atom. The number of nitrogens with zero attached hydrogens (tertiary/aromatic N) is 2. The first-order valence-corrected chi connectivity index (χ1v) is 5.80. The van der Waals surface area contributed by atoms with Crippen LogP contribution in [0.2, 0.25) is 0 Å². The molecule has 17 heavy (non-hydrogen) atoms. The molecule has 100 valence electrons. The van der Waals surface area contributed by atoms with Gasteiger partial charge in [-0.25, -0.2) is 0 Å². The van der Waals surface area contributed by atoms with Gasteiger partial charge in [-0.1, -0.05) is 6.58 Å². The molecule has 0 aromatic rings. The number of hydrogen-bond acceptors (Lipinski definition) is 6. The third-order valence-electron chi connectivity index (χ3n) is 1.91. The van der Waals surface area contributed by atoms with Crippen LogP contribution in [0.25, 0.3) is 0 Å². The SMILES string of the molecule is C=CC#N.NCCNCCN(CCN)CCN. The van der Waals surface area contributed by atoms with E-state index in [0.717, 1.165) is 32.7 Å². The molecule has 0 radical (unpaired) electrons. The van der Waals surface area contributed by atoms with E-state index in [1.54, 1.807) is 6.07 Å². The normalized spacial score (nSPS) is 9.35. The Labute approximate surface area is 104 Å². The molecular formula is C11H26N6. The number of allylic oxidation sites excluding steroid dienone is 1. The van der Waals surface area contributed by atoms with Crippen LogP contribution in [-0.4, -0.2) is 57.3 Å². The van der Waals surface area contributed by atoms with Crippen LogP contribution < -0.4 is 22.5 Å². The lowest BCUT2D eigenvalue weighted by molar-refractivity contribution is 0.288. The second kappa shape index (κ2) is 17.4. The van der Waals surface area contributed by atoms with Crippen LogP contribution in [0, 0.1) is 11.3 Å². The van der Waals surface area contributed by atoms with Gasteiger partial charge in [-0.2, -0.15) is 5.26 Å². The molecule has 0 aromatic carbocycles. The quantitative estimate of drug-likeness (QED) is 0.287. The van der Waals surface area contributed by atoms with Crippen LogP contribution in [0.4, 0.5) is 0 Å². The molecule has 0 aromatic heterocycles. The summed E-state index contributed by atoms with van der Waals surface area (Å²) in [5.41, 5.74) is 16.3. The number of rotatable bonds is 9. The lowest BCUT2D eigenvalue weighted by Crippen LogP contribution is -2.39. The van der Waals surface area contributed by atoms with Crippen molar-refractivity contribution in [2.45, 2.75) is 0 Å². The van der Waals surface area contributed by atoms with E-state index in [0.29, 0.717) is 19.6 Å². The molecule has 0 rings (SSSR count). The van der Waals surface area contributed by atoms with E-state index in [-0.39, 0.29) is 0 Å². The highest BCUT2D eigenvalue weighted by Crippen LogP contribution is 1.83. The van der Waals surface area contributed by atoms with Gasteiger partial charge in [0.05, 0.1) is 6.07 Å². The van der Waals surface area contributed by atoms with Crippen LogP contribution in [0.3, 0.4) is 0 Å². The second-order valence-electron chi connectivity index (χ2n) is 3.29. The molecular weight excluding hydrogens is 216 g/mol. The van der Waals surface area contributed by atoms with Crippen LogP contribution in [-0.2, 0) is 0 Å². The number of hydrogen-bond donors (Lipinski definition) is 4. The summed E-state index contributed by atoms with van der Waals surface area (Å²) < 4.78 is 0. The maximum absolute atomic E-state index is 7.51. The zero-order valence-corrected chi connectivity index (χ0v) is 10.6. The molecule has 0 bridgehead atoms. The summed E-state index contributed by atoms with van der Waals surface area (Å²) in [6, 6.07) is 1.69. The van der Waals surface area contributed by atoms with Gasteiger partial charge in [-0.05, 0) is 0 Å². The topological polar surface area (TPSA) is 117 Å². The average Bonchev–Trinajstić information content (AvgIpc) is 2.35. The van der Waals surface area contributed by atoms with Crippen molar-refractivity contribution < 1.29 is 0 Å². The molecule has 0 unspecified atom stereocenters. The minimum absolute atomic E-state index is 0.688. The van der Waals surface area contributed by atoms with Crippen LogP contribution in [0.5, 0.6) is 0 Å². The van der Waals surface area contributed by atoms with Gasteiger partial charge in [-0.3, -0.25) is 4.90 Å². The summed E-state index contributed by atoms with van der Waals surface area (Å²) in [6.07, 6.45) is 1.18. The molecule has 0 amide bonds. The summed E-state index contributed by atoms with van der Waals surface area (Å²) in [4.78, 5) is 2.25. The lowest BCUT2D eigenvalue weighted by Gasteiger charge is -2.20. The Morgan fingerprint density at radius 2 is 1.59 bits per heavy atom. The molecule has 0 atom stereocenters. The average molecular weight is 242 g/mol. The van der Waals surface area contributed by atoms with Crippen molar-refractivity contribution in [2.24, 2.45) is 17.2 Å². The number of nitrogens with one attached hydrogen (secondary N) is 1. The van der Waals surface area contributed by atoms with Crippen LogP contribution in [0.1, 0.15) is 0 Å². The molecule has 0 aliphatic carbocycles. The first kappa shape index (κ1) is 18.4. The Hall–Kier alpha value is -0.970. The van der Waals surface area contributed by atoms with Gasteiger partial charge in [0.2, 0.25) is 0 Å². The summed E-state index contributed by atoms with van der Waals surface area (Å²) in [7, 11) is 0. The molecule has 6 heteroatoms. The van der Waals surface area contributed by atoms with Crippen molar-refractivity contribution in [3.05, 3.63) is 12.7 Å². The largest absolute Gasteiger partial charge is 0.329 e. The number of nitrogens with two attached hydrogens (primary N) is 3. The fourth-order valence-corrected chi connectivity index (χ4v) is 1.16. The van der Waals surface area contributed by atoms with E-state index in [9.17, 15) is 0 Å². The standard InChI is InChI=1S/C8H23N5.C3H3N/c9-1-4-12-5-8-13(6-2-10)7-3-11;1-2-3-4/h12H,1-11H2;2H,1H2. The highest BCUT2D eigenvalue weighted by Gasteiger charge is 2.00. The predicted octanol–water partition coefficient (Wildman–Crippen LogP) is -1.55. The monoisotopic (exact) mass is 242 g/mol. The summed E-state index contributed by atoms with van der Waals surface area (Å²) in [5, 5.41) is 10.7. The molecule has 0 spiro atoms. The van der Waals surface area contributed by atoms with Crippen molar-refractivity contribution >= 4 is 0 Å².